The lowest BCUT2D eigenvalue weighted by Crippen LogP contribution is -2.37. The number of benzene rings is 1. The summed E-state index contributed by atoms with van der Waals surface area (Å²) in [5, 5.41) is 3.07. The molecule has 0 atom stereocenters. The molecule has 0 aromatic heterocycles. The van der Waals surface area contributed by atoms with Crippen molar-refractivity contribution in [1.29, 1.82) is 0 Å². The van der Waals surface area contributed by atoms with Gasteiger partial charge >= 0.3 is 0 Å². The predicted molar refractivity (Wildman–Crippen MR) is 120 cm³/mol. The first-order valence-electron chi connectivity index (χ1n) is 11.6. The van der Waals surface area contributed by atoms with E-state index in [4.69, 9.17) is 0 Å². The minimum Gasteiger partial charge on any atom is -0.355 e. The van der Waals surface area contributed by atoms with Gasteiger partial charge in [0.1, 0.15) is 0 Å². The second-order valence-corrected chi connectivity index (χ2v) is 8.70. The number of likely N-dealkylation sites (tertiary alicyclic amines) is 1. The Hall–Kier alpha value is -1.92. The number of nitrogens with zero attached hydrogens (tertiary/aromatic N) is 3. The number of carbonyl (C=O) groups excluding carboxylic acids is 2. The van der Waals surface area contributed by atoms with Gasteiger partial charge in [0.05, 0.1) is 0 Å². The minimum atomic E-state index is 0.149. The summed E-state index contributed by atoms with van der Waals surface area (Å²) in [6.45, 7) is 10.3. The largest absolute Gasteiger partial charge is 0.355 e. The van der Waals surface area contributed by atoms with Crippen molar-refractivity contribution in [2.24, 2.45) is 0 Å². The normalized spacial score (nSPS) is 18.8. The third-order valence-electron chi connectivity index (χ3n) is 6.30. The highest BCUT2D eigenvalue weighted by Gasteiger charge is 2.16. The van der Waals surface area contributed by atoms with E-state index in [9.17, 15) is 9.59 Å². The van der Waals surface area contributed by atoms with Gasteiger partial charge in [-0.3, -0.25) is 14.5 Å². The average molecular weight is 415 g/mol. The second kappa shape index (κ2) is 12.1. The average Bonchev–Trinajstić information content (AvgIpc) is 3.00. The van der Waals surface area contributed by atoms with E-state index in [-0.39, 0.29) is 11.8 Å². The Morgan fingerprint density at radius 2 is 1.53 bits per heavy atom. The topological polar surface area (TPSA) is 55.9 Å². The van der Waals surface area contributed by atoms with Gasteiger partial charge < -0.3 is 15.1 Å². The summed E-state index contributed by atoms with van der Waals surface area (Å²) < 4.78 is 0. The molecular formula is C24H38N4O2. The third-order valence-corrected chi connectivity index (χ3v) is 6.30. The van der Waals surface area contributed by atoms with Crippen LogP contribution in [-0.4, -0.2) is 78.9 Å². The second-order valence-electron chi connectivity index (χ2n) is 8.70. The molecule has 1 aromatic rings. The predicted octanol–water partition coefficient (Wildman–Crippen LogP) is 2.28. The highest BCUT2D eigenvalue weighted by molar-refractivity contribution is 5.76. The molecule has 2 heterocycles. The Labute approximate surface area is 181 Å². The Kier molecular flexibility index (Phi) is 9.15. The summed E-state index contributed by atoms with van der Waals surface area (Å²) >= 11 is 0. The van der Waals surface area contributed by atoms with Gasteiger partial charge in [0.2, 0.25) is 11.8 Å². The van der Waals surface area contributed by atoms with E-state index < -0.39 is 0 Å². The van der Waals surface area contributed by atoms with Crippen LogP contribution in [0.25, 0.3) is 0 Å². The number of hydrogen-bond acceptors (Lipinski definition) is 4. The van der Waals surface area contributed by atoms with E-state index in [1.807, 2.05) is 4.90 Å². The molecule has 0 radical (unpaired) electrons. The van der Waals surface area contributed by atoms with Gasteiger partial charge in [-0.25, -0.2) is 0 Å². The zero-order valence-electron chi connectivity index (χ0n) is 18.6. The Balaban J connectivity index is 1.34. The van der Waals surface area contributed by atoms with Crippen LogP contribution in [0.4, 0.5) is 0 Å². The lowest BCUT2D eigenvalue weighted by atomic mass is 10.1. The van der Waals surface area contributed by atoms with Gasteiger partial charge in [-0.05, 0) is 49.9 Å². The Bertz CT molecular complexity index is 670. The van der Waals surface area contributed by atoms with E-state index in [2.05, 4.69) is 39.4 Å². The molecule has 1 N–H and O–H groups in total. The van der Waals surface area contributed by atoms with Crippen molar-refractivity contribution in [3.05, 3.63) is 35.4 Å². The summed E-state index contributed by atoms with van der Waals surface area (Å²) in [6.07, 6.45) is 6.29. The fourth-order valence-corrected chi connectivity index (χ4v) is 4.40. The fraction of sp³-hybridized carbons (Fsp3) is 0.667. The number of amides is 2. The molecule has 0 saturated carbocycles. The Morgan fingerprint density at radius 1 is 0.833 bits per heavy atom. The molecule has 0 spiro atoms. The van der Waals surface area contributed by atoms with Crippen molar-refractivity contribution in [3.63, 3.8) is 0 Å². The first kappa shape index (κ1) is 22.8. The monoisotopic (exact) mass is 414 g/mol. The molecule has 6 nitrogen and oxygen atoms in total. The molecule has 2 aliphatic heterocycles. The van der Waals surface area contributed by atoms with Gasteiger partial charge in [0, 0.05) is 59.2 Å². The third kappa shape index (κ3) is 7.73. The molecule has 2 amide bonds. The lowest BCUT2D eigenvalue weighted by molar-refractivity contribution is -0.128. The molecule has 0 aliphatic carbocycles. The van der Waals surface area contributed by atoms with Crippen molar-refractivity contribution in [2.75, 3.05) is 52.4 Å². The van der Waals surface area contributed by atoms with Crippen molar-refractivity contribution in [1.82, 2.24) is 20.0 Å². The summed E-state index contributed by atoms with van der Waals surface area (Å²) in [4.78, 5) is 30.5. The summed E-state index contributed by atoms with van der Waals surface area (Å²) in [5.41, 5.74) is 2.50. The number of piperidine rings is 1. The molecule has 3 rings (SSSR count). The molecule has 6 heteroatoms. The summed E-state index contributed by atoms with van der Waals surface area (Å²) in [6, 6.07) is 8.65. The van der Waals surface area contributed by atoms with E-state index in [1.165, 1.54) is 43.5 Å². The number of nitrogens with one attached hydrogen (secondary N) is 1. The minimum absolute atomic E-state index is 0.149. The maximum atomic E-state index is 12.1. The molecule has 166 valence electrons. The van der Waals surface area contributed by atoms with Crippen LogP contribution in [0.15, 0.2) is 24.3 Å². The zero-order chi connectivity index (χ0) is 21.2. The van der Waals surface area contributed by atoms with Crippen LogP contribution >= 0.6 is 0 Å². The standard InChI is InChI=1S/C24H38N4O2/c1-21(29)28-16-5-15-27(18-19-28)20-23-8-6-22(7-9-23)10-11-24(30)25-12-17-26-13-3-2-4-14-26/h6-9H,2-5,10-20H2,1H3,(H,25,30). The van der Waals surface area contributed by atoms with Gasteiger partial charge in [-0.2, -0.15) is 0 Å². The zero-order valence-corrected chi connectivity index (χ0v) is 18.6. The molecule has 0 bridgehead atoms. The number of aryl methyl sites for hydroxylation is 1. The molecule has 2 aliphatic rings. The summed E-state index contributed by atoms with van der Waals surface area (Å²) in [7, 11) is 0. The van der Waals surface area contributed by atoms with Crippen LogP contribution in [-0.2, 0) is 22.6 Å². The van der Waals surface area contributed by atoms with Crippen molar-refractivity contribution < 1.29 is 9.59 Å². The quantitative estimate of drug-likeness (QED) is 0.709. The van der Waals surface area contributed by atoms with Crippen molar-refractivity contribution in [3.8, 4) is 0 Å². The number of hydrogen-bond donors (Lipinski definition) is 1. The van der Waals surface area contributed by atoms with Gasteiger partial charge in [-0.15, -0.1) is 0 Å². The highest BCUT2D eigenvalue weighted by atomic mass is 16.2. The molecule has 2 saturated heterocycles. The van der Waals surface area contributed by atoms with Crippen LogP contribution < -0.4 is 5.32 Å². The first-order chi connectivity index (χ1) is 14.6. The Morgan fingerprint density at radius 3 is 2.27 bits per heavy atom. The molecular weight excluding hydrogens is 376 g/mol. The lowest BCUT2D eigenvalue weighted by Gasteiger charge is -2.26. The van der Waals surface area contributed by atoms with Gasteiger partial charge in [0.25, 0.3) is 0 Å². The van der Waals surface area contributed by atoms with Crippen molar-refractivity contribution >= 4 is 11.8 Å². The van der Waals surface area contributed by atoms with Gasteiger partial charge in [-0.1, -0.05) is 30.7 Å². The maximum absolute atomic E-state index is 12.1. The molecule has 2 fully saturated rings. The van der Waals surface area contributed by atoms with Crippen LogP contribution in [0.3, 0.4) is 0 Å². The van der Waals surface area contributed by atoms with E-state index in [0.29, 0.717) is 6.42 Å². The number of carbonyl (C=O) groups is 2. The first-order valence-corrected chi connectivity index (χ1v) is 11.6. The SMILES string of the molecule is CC(=O)N1CCCN(Cc2ccc(CCC(=O)NCCN3CCCCC3)cc2)CC1. The number of rotatable bonds is 8. The van der Waals surface area contributed by atoms with Crippen LogP contribution in [0, 0.1) is 0 Å². The van der Waals surface area contributed by atoms with Crippen LogP contribution in [0.2, 0.25) is 0 Å². The van der Waals surface area contributed by atoms with Crippen LogP contribution in [0.1, 0.15) is 50.2 Å². The molecule has 0 unspecified atom stereocenters. The smallest absolute Gasteiger partial charge is 0.220 e. The van der Waals surface area contributed by atoms with Crippen LogP contribution in [0.5, 0.6) is 0 Å². The molecule has 30 heavy (non-hydrogen) atoms. The van der Waals surface area contributed by atoms with E-state index >= 15 is 0 Å². The van der Waals surface area contributed by atoms with Crippen molar-refractivity contribution in [2.45, 2.75) is 52.0 Å². The molecule has 1 aromatic carbocycles. The van der Waals surface area contributed by atoms with E-state index in [0.717, 1.165) is 58.7 Å². The van der Waals surface area contributed by atoms with Gasteiger partial charge in [0.15, 0.2) is 0 Å². The highest BCUT2D eigenvalue weighted by Crippen LogP contribution is 2.12. The van der Waals surface area contributed by atoms with E-state index in [1.54, 1.807) is 6.92 Å². The summed E-state index contributed by atoms with van der Waals surface area (Å²) in [5.74, 6) is 0.326. The maximum Gasteiger partial charge on any atom is 0.220 e. The fourth-order valence-electron chi connectivity index (χ4n) is 4.40.